The molecule has 3 N–H and O–H groups in total. The predicted octanol–water partition coefficient (Wildman–Crippen LogP) is 1.69. The van der Waals surface area contributed by atoms with Gasteiger partial charge in [0.2, 0.25) is 10.0 Å². The first-order valence-electron chi connectivity index (χ1n) is 5.51. The van der Waals surface area contributed by atoms with E-state index >= 15 is 0 Å². The summed E-state index contributed by atoms with van der Waals surface area (Å²) in [7, 11) is -3.55. The van der Waals surface area contributed by atoms with Crippen molar-refractivity contribution >= 4 is 33.2 Å². The van der Waals surface area contributed by atoms with Crippen LogP contribution >= 0.6 is 11.6 Å². The van der Waals surface area contributed by atoms with Gasteiger partial charge in [-0.1, -0.05) is 0 Å². The molecule has 1 rings (SSSR count). The highest BCUT2D eigenvalue weighted by atomic mass is 35.5. The van der Waals surface area contributed by atoms with Gasteiger partial charge in [0.05, 0.1) is 11.3 Å². The van der Waals surface area contributed by atoms with Crippen molar-refractivity contribution in [3.8, 4) is 0 Å². The normalized spacial score (nSPS) is 11.3. The Hall–Kier alpha value is -1.34. The molecule has 106 valence electrons. The molecule has 0 heterocycles. The van der Waals surface area contributed by atoms with E-state index < -0.39 is 21.7 Å². The molecule has 0 spiro atoms. The second kappa shape index (κ2) is 6.72. The fraction of sp³-hybridized carbons (Fsp3) is 0.364. The maximum atomic E-state index is 13.2. The number of nitrogens with two attached hydrogens (primary N) is 1. The quantitative estimate of drug-likeness (QED) is 0.593. The number of benzene rings is 1. The number of primary amides is 1. The summed E-state index contributed by atoms with van der Waals surface area (Å²) in [6.07, 6.45) is 1.00. The third-order valence-corrected chi connectivity index (χ3v) is 3.94. The van der Waals surface area contributed by atoms with Crippen LogP contribution in [0.2, 0.25) is 0 Å². The van der Waals surface area contributed by atoms with Gasteiger partial charge in [-0.3, -0.25) is 9.52 Å². The average molecular weight is 309 g/mol. The van der Waals surface area contributed by atoms with Gasteiger partial charge in [0.25, 0.3) is 5.91 Å². The van der Waals surface area contributed by atoms with Crippen LogP contribution in [0.5, 0.6) is 0 Å². The number of rotatable bonds is 7. The van der Waals surface area contributed by atoms with Gasteiger partial charge in [-0.2, -0.15) is 0 Å². The molecule has 0 fully saturated rings. The van der Waals surface area contributed by atoms with Crippen LogP contribution in [-0.4, -0.2) is 26.0 Å². The number of sulfonamides is 1. The number of anilines is 1. The number of unbranched alkanes of at least 4 members (excludes halogenated alkanes) is 1. The lowest BCUT2D eigenvalue weighted by molar-refractivity contribution is 0.0996. The average Bonchev–Trinajstić information content (AvgIpc) is 2.31. The van der Waals surface area contributed by atoms with Crippen LogP contribution < -0.4 is 10.5 Å². The second-order valence-corrected chi connectivity index (χ2v) is 6.10. The fourth-order valence-corrected chi connectivity index (χ4v) is 2.76. The third kappa shape index (κ3) is 5.04. The molecule has 0 radical (unpaired) electrons. The monoisotopic (exact) mass is 308 g/mol. The maximum Gasteiger partial charge on any atom is 0.251 e. The van der Waals surface area contributed by atoms with Crippen molar-refractivity contribution in [1.29, 1.82) is 0 Å². The number of nitrogens with one attached hydrogen (secondary N) is 1. The van der Waals surface area contributed by atoms with Gasteiger partial charge in [0.1, 0.15) is 5.82 Å². The molecule has 19 heavy (non-hydrogen) atoms. The van der Waals surface area contributed by atoms with Crippen molar-refractivity contribution in [1.82, 2.24) is 0 Å². The summed E-state index contributed by atoms with van der Waals surface area (Å²) in [6.45, 7) is 0. The van der Waals surface area contributed by atoms with E-state index in [2.05, 4.69) is 4.72 Å². The van der Waals surface area contributed by atoms with Gasteiger partial charge in [-0.15, -0.1) is 11.6 Å². The van der Waals surface area contributed by atoms with Crippen LogP contribution in [0.3, 0.4) is 0 Å². The van der Waals surface area contributed by atoms with E-state index in [0.29, 0.717) is 18.7 Å². The Morgan fingerprint density at radius 3 is 2.63 bits per heavy atom. The van der Waals surface area contributed by atoms with Gasteiger partial charge in [-0.05, 0) is 31.0 Å². The lowest BCUT2D eigenvalue weighted by atomic mass is 10.2. The lowest BCUT2D eigenvalue weighted by Gasteiger charge is -2.08. The number of carbonyl (C=O) groups excluding carboxylic acids is 1. The highest BCUT2D eigenvalue weighted by Gasteiger charge is 2.13. The molecule has 0 saturated carbocycles. The fourth-order valence-electron chi connectivity index (χ4n) is 1.39. The molecule has 5 nitrogen and oxygen atoms in total. The van der Waals surface area contributed by atoms with Crippen molar-refractivity contribution in [2.24, 2.45) is 5.73 Å². The van der Waals surface area contributed by atoms with E-state index in [1.54, 1.807) is 0 Å². The topological polar surface area (TPSA) is 89.3 Å². The standard InChI is InChI=1S/C11H14ClFN2O3S/c12-5-1-2-6-19(17,18)15-8-3-4-10(13)9(7-8)11(14)16/h3-4,7,15H,1-2,5-6H2,(H2,14,16). The Morgan fingerprint density at radius 2 is 2.05 bits per heavy atom. The molecule has 0 aromatic heterocycles. The summed E-state index contributed by atoms with van der Waals surface area (Å²) < 4.78 is 38.8. The van der Waals surface area contributed by atoms with E-state index in [1.807, 2.05) is 0 Å². The minimum atomic E-state index is -3.55. The highest BCUT2D eigenvalue weighted by molar-refractivity contribution is 7.92. The van der Waals surface area contributed by atoms with Gasteiger partial charge in [-0.25, -0.2) is 12.8 Å². The second-order valence-electron chi connectivity index (χ2n) is 3.88. The summed E-state index contributed by atoms with van der Waals surface area (Å²) in [4.78, 5) is 10.9. The minimum Gasteiger partial charge on any atom is -0.366 e. The van der Waals surface area contributed by atoms with Gasteiger partial charge in [0, 0.05) is 11.6 Å². The van der Waals surface area contributed by atoms with Crippen molar-refractivity contribution in [3.63, 3.8) is 0 Å². The molecule has 0 saturated heterocycles. The number of alkyl halides is 1. The number of hydrogen-bond donors (Lipinski definition) is 2. The molecular weight excluding hydrogens is 295 g/mol. The van der Waals surface area contributed by atoms with Crippen LogP contribution in [0.4, 0.5) is 10.1 Å². The number of amides is 1. The summed E-state index contributed by atoms with van der Waals surface area (Å²) in [5.41, 5.74) is 4.71. The van der Waals surface area contributed by atoms with E-state index in [-0.39, 0.29) is 17.0 Å². The molecule has 0 atom stereocenters. The summed E-state index contributed by atoms with van der Waals surface area (Å²) in [5, 5.41) is 0. The molecule has 0 aliphatic carbocycles. The van der Waals surface area contributed by atoms with Crippen LogP contribution in [0, 0.1) is 5.82 Å². The third-order valence-electron chi connectivity index (χ3n) is 2.30. The first kappa shape index (κ1) is 15.7. The van der Waals surface area contributed by atoms with Crippen molar-refractivity contribution < 1.29 is 17.6 Å². The molecule has 0 aliphatic heterocycles. The first-order valence-corrected chi connectivity index (χ1v) is 7.70. The molecule has 1 aromatic carbocycles. The van der Waals surface area contributed by atoms with E-state index in [0.717, 1.165) is 12.1 Å². The molecule has 0 unspecified atom stereocenters. The Morgan fingerprint density at radius 1 is 1.37 bits per heavy atom. The Labute approximate surface area is 116 Å². The van der Waals surface area contributed by atoms with Gasteiger partial charge in [0.15, 0.2) is 0 Å². The van der Waals surface area contributed by atoms with Crippen LogP contribution in [0.25, 0.3) is 0 Å². The zero-order chi connectivity index (χ0) is 14.5. The Kier molecular flexibility index (Phi) is 5.56. The van der Waals surface area contributed by atoms with Crippen molar-refractivity contribution in [2.75, 3.05) is 16.4 Å². The minimum absolute atomic E-state index is 0.0942. The zero-order valence-electron chi connectivity index (χ0n) is 10.0. The molecule has 1 aromatic rings. The first-order chi connectivity index (χ1) is 8.85. The number of halogens is 2. The Balaban J connectivity index is 2.82. The molecule has 0 aliphatic rings. The van der Waals surface area contributed by atoms with E-state index in [9.17, 15) is 17.6 Å². The van der Waals surface area contributed by atoms with E-state index in [1.165, 1.54) is 6.07 Å². The molecule has 8 heteroatoms. The highest BCUT2D eigenvalue weighted by Crippen LogP contribution is 2.16. The van der Waals surface area contributed by atoms with Crippen LogP contribution in [0.1, 0.15) is 23.2 Å². The summed E-state index contributed by atoms with van der Waals surface area (Å²) >= 11 is 5.46. The largest absolute Gasteiger partial charge is 0.366 e. The Bertz CT molecular complexity index is 563. The number of carbonyl (C=O) groups is 1. The molecular formula is C11H14ClFN2O3S. The SMILES string of the molecule is NC(=O)c1cc(NS(=O)(=O)CCCCCl)ccc1F. The smallest absolute Gasteiger partial charge is 0.251 e. The summed E-state index contributed by atoms with van der Waals surface area (Å²) in [5.74, 6) is -1.46. The zero-order valence-corrected chi connectivity index (χ0v) is 11.6. The van der Waals surface area contributed by atoms with Gasteiger partial charge < -0.3 is 5.73 Å². The summed E-state index contributed by atoms with van der Waals surface area (Å²) in [6, 6.07) is 3.27. The number of hydrogen-bond acceptors (Lipinski definition) is 3. The maximum absolute atomic E-state index is 13.2. The lowest BCUT2D eigenvalue weighted by Crippen LogP contribution is -2.18. The molecule has 1 amide bonds. The van der Waals surface area contributed by atoms with Gasteiger partial charge >= 0.3 is 0 Å². The predicted molar refractivity (Wildman–Crippen MR) is 72.3 cm³/mol. The van der Waals surface area contributed by atoms with Crippen LogP contribution in [-0.2, 0) is 10.0 Å². The van der Waals surface area contributed by atoms with Crippen molar-refractivity contribution in [2.45, 2.75) is 12.8 Å². The molecule has 0 bridgehead atoms. The van der Waals surface area contributed by atoms with E-state index in [4.69, 9.17) is 17.3 Å². The van der Waals surface area contributed by atoms with Crippen LogP contribution in [0.15, 0.2) is 18.2 Å². The van der Waals surface area contributed by atoms with Crippen molar-refractivity contribution in [3.05, 3.63) is 29.6 Å².